The number of nitriles is 1. The zero-order valence-electron chi connectivity index (χ0n) is 8.14. The first-order valence-electron chi connectivity index (χ1n) is 4.61. The Balaban J connectivity index is 0.00000112. The van der Waals surface area contributed by atoms with E-state index < -0.39 is 0 Å². The number of nitrogens with one attached hydrogen (secondary N) is 1. The lowest BCUT2D eigenvalue weighted by Crippen LogP contribution is -2.46. The largest absolute Gasteiger partial charge is 0.490 e. The van der Waals surface area contributed by atoms with Crippen LogP contribution in [0.15, 0.2) is 18.3 Å². The second-order valence-electron chi connectivity index (χ2n) is 3.24. The van der Waals surface area contributed by atoms with Crippen LogP contribution in [0, 0.1) is 11.3 Å². The molecule has 1 fully saturated rings. The minimum atomic E-state index is 0. The molecule has 1 aromatic heterocycles. The summed E-state index contributed by atoms with van der Waals surface area (Å²) in [4.78, 5) is 3.91. The molecule has 1 saturated heterocycles. The number of pyridine rings is 1. The standard InChI is InChI=1S/C10H11N3O.ClH/c11-5-8-1-2-10(6-13-8)14-7-9-3-4-12-9;/h1-2,6,9,12H,3-4,7H2;1H/t9-;/m0./s1. The molecule has 2 heterocycles. The van der Waals surface area contributed by atoms with Gasteiger partial charge < -0.3 is 10.1 Å². The number of ether oxygens (including phenoxy) is 1. The fraction of sp³-hybridized carbons (Fsp3) is 0.400. The highest BCUT2D eigenvalue weighted by atomic mass is 35.5. The third kappa shape index (κ3) is 3.08. The van der Waals surface area contributed by atoms with Crippen LogP contribution in [0.4, 0.5) is 0 Å². The summed E-state index contributed by atoms with van der Waals surface area (Å²) in [7, 11) is 0. The zero-order valence-corrected chi connectivity index (χ0v) is 8.96. The van der Waals surface area contributed by atoms with Crippen molar-refractivity contribution < 1.29 is 4.74 Å². The van der Waals surface area contributed by atoms with Crippen LogP contribution in [-0.4, -0.2) is 24.2 Å². The third-order valence-electron chi connectivity index (χ3n) is 2.23. The first-order valence-corrected chi connectivity index (χ1v) is 4.61. The SMILES string of the molecule is Cl.N#Cc1ccc(OC[C@@H]2CCN2)cn1. The molecule has 0 saturated carbocycles. The molecule has 0 amide bonds. The molecule has 80 valence electrons. The van der Waals surface area contributed by atoms with Gasteiger partial charge in [0.15, 0.2) is 0 Å². The summed E-state index contributed by atoms with van der Waals surface area (Å²) >= 11 is 0. The number of halogens is 1. The van der Waals surface area contributed by atoms with E-state index >= 15 is 0 Å². The highest BCUT2D eigenvalue weighted by Crippen LogP contribution is 2.10. The van der Waals surface area contributed by atoms with Gasteiger partial charge in [-0.05, 0) is 25.1 Å². The molecule has 4 nitrogen and oxygen atoms in total. The topological polar surface area (TPSA) is 57.9 Å². The number of rotatable bonds is 3. The van der Waals surface area contributed by atoms with Gasteiger partial charge in [0.05, 0.1) is 6.20 Å². The molecule has 1 aromatic rings. The maximum absolute atomic E-state index is 8.53. The molecule has 15 heavy (non-hydrogen) atoms. The Morgan fingerprint density at radius 2 is 2.40 bits per heavy atom. The molecule has 0 aliphatic carbocycles. The van der Waals surface area contributed by atoms with Crippen LogP contribution in [0.25, 0.3) is 0 Å². The summed E-state index contributed by atoms with van der Waals surface area (Å²) in [5.41, 5.74) is 0.416. The highest BCUT2D eigenvalue weighted by molar-refractivity contribution is 5.85. The lowest BCUT2D eigenvalue weighted by Gasteiger charge is -2.27. The van der Waals surface area contributed by atoms with Crippen molar-refractivity contribution in [2.75, 3.05) is 13.2 Å². The second-order valence-corrected chi connectivity index (χ2v) is 3.24. The van der Waals surface area contributed by atoms with Crippen molar-refractivity contribution in [2.24, 2.45) is 0 Å². The molecule has 1 N–H and O–H groups in total. The van der Waals surface area contributed by atoms with Crippen LogP contribution >= 0.6 is 12.4 Å². The summed E-state index contributed by atoms with van der Waals surface area (Å²) < 4.78 is 5.47. The van der Waals surface area contributed by atoms with Gasteiger partial charge in [0.2, 0.25) is 0 Å². The molecule has 0 radical (unpaired) electrons. The van der Waals surface area contributed by atoms with Gasteiger partial charge in [-0.2, -0.15) is 5.26 Å². The van der Waals surface area contributed by atoms with Crippen molar-refractivity contribution in [1.29, 1.82) is 5.26 Å². The van der Waals surface area contributed by atoms with Crippen molar-refractivity contribution in [3.05, 3.63) is 24.0 Å². The van der Waals surface area contributed by atoms with Gasteiger partial charge in [0, 0.05) is 6.04 Å². The minimum absolute atomic E-state index is 0. The smallest absolute Gasteiger partial charge is 0.140 e. The third-order valence-corrected chi connectivity index (χ3v) is 2.23. The molecular formula is C10H12ClN3O. The van der Waals surface area contributed by atoms with Crippen LogP contribution in [0.5, 0.6) is 5.75 Å². The number of nitrogens with zero attached hydrogens (tertiary/aromatic N) is 2. The quantitative estimate of drug-likeness (QED) is 0.838. The van der Waals surface area contributed by atoms with E-state index in [9.17, 15) is 0 Å². The maximum Gasteiger partial charge on any atom is 0.140 e. The summed E-state index contributed by atoms with van der Waals surface area (Å²) in [5, 5.41) is 11.8. The molecule has 1 aliphatic heterocycles. The van der Waals surface area contributed by atoms with Crippen LogP contribution in [0.3, 0.4) is 0 Å². The average Bonchev–Trinajstić information content (AvgIpc) is 2.16. The number of aromatic nitrogens is 1. The number of hydrogen-bond acceptors (Lipinski definition) is 4. The Morgan fingerprint density at radius 1 is 1.60 bits per heavy atom. The monoisotopic (exact) mass is 225 g/mol. The van der Waals surface area contributed by atoms with E-state index in [-0.39, 0.29) is 12.4 Å². The van der Waals surface area contributed by atoms with Crippen molar-refractivity contribution in [1.82, 2.24) is 10.3 Å². The van der Waals surface area contributed by atoms with Gasteiger partial charge in [0.25, 0.3) is 0 Å². The minimum Gasteiger partial charge on any atom is -0.490 e. The summed E-state index contributed by atoms with van der Waals surface area (Å²) in [6.07, 6.45) is 2.75. The van der Waals surface area contributed by atoms with Gasteiger partial charge in [-0.1, -0.05) is 0 Å². The predicted octanol–water partition coefficient (Wildman–Crippen LogP) is 1.12. The molecule has 0 aromatic carbocycles. The van der Waals surface area contributed by atoms with Crippen molar-refractivity contribution >= 4 is 12.4 Å². The first kappa shape index (κ1) is 11.8. The van der Waals surface area contributed by atoms with Crippen LogP contribution < -0.4 is 10.1 Å². The molecule has 5 heteroatoms. The van der Waals surface area contributed by atoms with E-state index in [0.717, 1.165) is 12.3 Å². The Bertz CT molecular complexity index is 343. The molecular weight excluding hydrogens is 214 g/mol. The summed E-state index contributed by atoms with van der Waals surface area (Å²) in [5.74, 6) is 0.720. The van der Waals surface area contributed by atoms with Crippen molar-refractivity contribution in [3.63, 3.8) is 0 Å². The zero-order chi connectivity index (χ0) is 9.80. The normalized spacial score (nSPS) is 18.2. The fourth-order valence-corrected chi connectivity index (χ4v) is 1.22. The fourth-order valence-electron chi connectivity index (χ4n) is 1.22. The van der Waals surface area contributed by atoms with E-state index in [1.165, 1.54) is 6.42 Å². The Kier molecular flexibility index (Phi) is 4.35. The molecule has 0 unspecified atom stereocenters. The van der Waals surface area contributed by atoms with E-state index in [1.807, 2.05) is 6.07 Å². The van der Waals surface area contributed by atoms with Crippen LogP contribution in [-0.2, 0) is 0 Å². The molecule has 1 atom stereocenters. The maximum atomic E-state index is 8.53. The average molecular weight is 226 g/mol. The van der Waals surface area contributed by atoms with Crippen LogP contribution in [0.1, 0.15) is 12.1 Å². The van der Waals surface area contributed by atoms with Gasteiger partial charge >= 0.3 is 0 Å². The van der Waals surface area contributed by atoms with Crippen molar-refractivity contribution in [3.8, 4) is 11.8 Å². The molecule has 0 spiro atoms. The lowest BCUT2D eigenvalue weighted by molar-refractivity contribution is 0.217. The Hall–Kier alpha value is -1.31. The lowest BCUT2D eigenvalue weighted by atomic mass is 10.1. The molecule has 1 aliphatic rings. The Morgan fingerprint density at radius 3 is 2.87 bits per heavy atom. The summed E-state index contributed by atoms with van der Waals surface area (Å²) in [6, 6.07) is 5.86. The Labute approximate surface area is 94.7 Å². The van der Waals surface area contributed by atoms with Crippen LogP contribution in [0.2, 0.25) is 0 Å². The van der Waals surface area contributed by atoms with Gasteiger partial charge in [-0.3, -0.25) is 0 Å². The van der Waals surface area contributed by atoms with Crippen molar-refractivity contribution in [2.45, 2.75) is 12.5 Å². The van der Waals surface area contributed by atoms with E-state index in [1.54, 1.807) is 18.3 Å². The van der Waals surface area contributed by atoms with Gasteiger partial charge in [0.1, 0.15) is 24.1 Å². The second kappa shape index (κ2) is 5.54. The van der Waals surface area contributed by atoms with Gasteiger partial charge in [-0.25, -0.2) is 4.98 Å². The van der Waals surface area contributed by atoms with Gasteiger partial charge in [-0.15, -0.1) is 12.4 Å². The molecule has 0 bridgehead atoms. The molecule has 2 rings (SSSR count). The predicted molar refractivity (Wildman–Crippen MR) is 58.1 cm³/mol. The van der Waals surface area contributed by atoms with E-state index in [0.29, 0.717) is 18.3 Å². The first-order chi connectivity index (χ1) is 6.88. The summed E-state index contributed by atoms with van der Waals surface area (Å²) in [6.45, 7) is 1.76. The number of hydrogen-bond donors (Lipinski definition) is 1. The van der Waals surface area contributed by atoms with E-state index in [2.05, 4.69) is 10.3 Å². The van der Waals surface area contributed by atoms with E-state index in [4.69, 9.17) is 10.00 Å². The highest BCUT2D eigenvalue weighted by Gasteiger charge is 2.16.